The molecule has 14 heavy (non-hydrogen) atoms. The van der Waals surface area contributed by atoms with E-state index in [1.165, 1.54) is 36.3 Å². The molecule has 1 saturated heterocycles. The first-order chi connectivity index (χ1) is 6.77. The highest BCUT2D eigenvalue weighted by atomic mass is 32.2. The molecule has 0 saturated carbocycles. The minimum Gasteiger partial charge on any atom is -0.172 e. The predicted molar refractivity (Wildman–Crippen MR) is 72.6 cm³/mol. The van der Waals surface area contributed by atoms with E-state index in [9.17, 15) is 0 Å². The number of rotatable bonds is 1. The number of allylic oxidation sites excluding steroid dienone is 1. The molecule has 0 bridgehead atoms. The summed E-state index contributed by atoms with van der Waals surface area (Å²) in [7, 11) is 0. The molecule has 1 heterocycles. The molecule has 0 nitrogen and oxygen atoms in total. The maximum Gasteiger partial charge on any atom is 0.0857 e. The third-order valence-electron chi connectivity index (χ3n) is 2.76. The minimum absolute atomic E-state index is 0.333. The Hall–Kier alpha value is 0.530. The Kier molecular flexibility index (Phi) is 3.61. The monoisotopic (exact) mass is 244 g/mol. The molecule has 2 aliphatic rings. The second-order valence-corrected chi connectivity index (χ2v) is 7.44. The lowest BCUT2D eigenvalue weighted by Crippen LogP contribution is -2.31. The summed E-state index contributed by atoms with van der Waals surface area (Å²) in [5, 5.41) is 0.441. The fourth-order valence-corrected chi connectivity index (χ4v) is 5.71. The van der Waals surface area contributed by atoms with E-state index >= 15 is 0 Å². The van der Waals surface area contributed by atoms with Crippen molar-refractivity contribution < 1.29 is 0 Å². The second kappa shape index (κ2) is 4.58. The Morgan fingerprint density at radius 2 is 2.21 bits per heavy atom. The van der Waals surface area contributed by atoms with Gasteiger partial charge >= 0.3 is 0 Å². The summed E-state index contributed by atoms with van der Waals surface area (Å²) < 4.78 is 0.333. The van der Waals surface area contributed by atoms with E-state index in [0.717, 1.165) is 0 Å². The Balaban J connectivity index is 2.24. The molecular weight excluding hydrogens is 228 g/mol. The highest BCUT2D eigenvalue weighted by Crippen LogP contribution is 2.53. The van der Waals surface area contributed by atoms with Gasteiger partial charge in [-0.05, 0) is 36.3 Å². The number of thioether (sulfide) groups is 2. The van der Waals surface area contributed by atoms with Crippen LogP contribution in [0.25, 0.3) is 0 Å². The SMILES string of the molecule is C=CC1=CC(S)CCC12SCCCS2. The Morgan fingerprint density at radius 1 is 1.50 bits per heavy atom. The third kappa shape index (κ3) is 2.05. The molecule has 1 fully saturated rings. The van der Waals surface area contributed by atoms with E-state index in [1.54, 1.807) is 0 Å². The van der Waals surface area contributed by atoms with Crippen LogP contribution in [0.4, 0.5) is 0 Å². The van der Waals surface area contributed by atoms with Gasteiger partial charge in [0.15, 0.2) is 0 Å². The summed E-state index contributed by atoms with van der Waals surface area (Å²) in [5.74, 6) is 2.60. The molecule has 1 spiro atoms. The smallest absolute Gasteiger partial charge is 0.0857 e. The summed E-state index contributed by atoms with van der Waals surface area (Å²) >= 11 is 8.76. The van der Waals surface area contributed by atoms with E-state index in [0.29, 0.717) is 9.33 Å². The molecule has 0 aromatic heterocycles. The van der Waals surface area contributed by atoms with Crippen molar-refractivity contribution in [2.75, 3.05) is 11.5 Å². The highest BCUT2D eigenvalue weighted by Gasteiger charge is 2.38. The maximum absolute atomic E-state index is 4.53. The van der Waals surface area contributed by atoms with Crippen LogP contribution in [0.15, 0.2) is 24.3 Å². The van der Waals surface area contributed by atoms with Gasteiger partial charge < -0.3 is 0 Å². The molecule has 1 atom stereocenters. The van der Waals surface area contributed by atoms with Crippen LogP contribution in [0, 0.1) is 0 Å². The van der Waals surface area contributed by atoms with Crippen molar-refractivity contribution >= 4 is 36.2 Å². The van der Waals surface area contributed by atoms with E-state index in [1.807, 2.05) is 6.08 Å². The van der Waals surface area contributed by atoms with Gasteiger partial charge in [0, 0.05) is 5.25 Å². The third-order valence-corrected chi connectivity index (χ3v) is 6.67. The van der Waals surface area contributed by atoms with Crippen LogP contribution < -0.4 is 0 Å². The predicted octanol–water partition coefficient (Wildman–Crippen LogP) is 3.76. The van der Waals surface area contributed by atoms with Gasteiger partial charge in [-0.2, -0.15) is 12.6 Å². The van der Waals surface area contributed by atoms with Crippen LogP contribution in [-0.4, -0.2) is 20.8 Å². The molecular formula is C11H16S3. The van der Waals surface area contributed by atoms with Gasteiger partial charge in [-0.3, -0.25) is 0 Å². The maximum atomic E-state index is 4.53. The molecule has 0 radical (unpaired) electrons. The molecule has 0 N–H and O–H groups in total. The molecule has 1 aliphatic heterocycles. The first-order valence-corrected chi connectivity index (χ1v) is 7.56. The normalized spacial score (nSPS) is 31.2. The zero-order chi connectivity index (χ0) is 10.0. The Labute approximate surface area is 100 Å². The van der Waals surface area contributed by atoms with Crippen LogP contribution in [0.5, 0.6) is 0 Å². The number of hydrogen-bond acceptors (Lipinski definition) is 3. The second-order valence-electron chi connectivity index (χ2n) is 3.74. The first-order valence-electron chi connectivity index (χ1n) is 5.07. The summed E-state index contributed by atoms with van der Waals surface area (Å²) in [6, 6.07) is 0. The molecule has 1 aliphatic carbocycles. The topological polar surface area (TPSA) is 0 Å². The van der Waals surface area contributed by atoms with Crippen molar-refractivity contribution in [3.63, 3.8) is 0 Å². The number of thiol groups is 1. The summed E-state index contributed by atoms with van der Waals surface area (Å²) in [4.78, 5) is 0. The van der Waals surface area contributed by atoms with Crippen LogP contribution >= 0.6 is 36.2 Å². The molecule has 1 unspecified atom stereocenters. The molecule has 78 valence electrons. The fourth-order valence-electron chi connectivity index (χ4n) is 2.01. The van der Waals surface area contributed by atoms with Crippen molar-refractivity contribution in [3.05, 3.63) is 24.3 Å². The van der Waals surface area contributed by atoms with Gasteiger partial charge in [0.2, 0.25) is 0 Å². The van der Waals surface area contributed by atoms with Gasteiger partial charge in [-0.1, -0.05) is 18.7 Å². The summed E-state index contributed by atoms with van der Waals surface area (Å²) in [6.45, 7) is 3.94. The Bertz CT molecular complexity index is 251. The van der Waals surface area contributed by atoms with Crippen molar-refractivity contribution in [1.29, 1.82) is 0 Å². The minimum atomic E-state index is 0.333. The largest absolute Gasteiger partial charge is 0.172 e. The molecule has 0 aromatic carbocycles. The molecule has 0 amide bonds. The van der Waals surface area contributed by atoms with E-state index < -0.39 is 0 Å². The molecule has 0 aromatic rings. The quantitative estimate of drug-likeness (QED) is 0.698. The Morgan fingerprint density at radius 3 is 2.86 bits per heavy atom. The van der Waals surface area contributed by atoms with Crippen molar-refractivity contribution in [2.45, 2.75) is 28.6 Å². The lowest BCUT2D eigenvalue weighted by atomic mass is 9.98. The standard InChI is InChI=1S/C11H16S3/c1-2-9-8-10(12)4-5-11(9)13-6-3-7-14-11/h2,8,10,12H,1,3-7H2. The van der Waals surface area contributed by atoms with Gasteiger partial charge in [-0.15, -0.1) is 23.5 Å². The average Bonchev–Trinajstić information content (AvgIpc) is 2.23. The van der Waals surface area contributed by atoms with Gasteiger partial charge in [-0.25, -0.2) is 0 Å². The van der Waals surface area contributed by atoms with Crippen LogP contribution in [0.2, 0.25) is 0 Å². The first kappa shape index (κ1) is 11.0. The van der Waals surface area contributed by atoms with E-state index in [4.69, 9.17) is 0 Å². The van der Waals surface area contributed by atoms with Gasteiger partial charge in [0.05, 0.1) is 4.08 Å². The van der Waals surface area contributed by atoms with Crippen molar-refractivity contribution in [1.82, 2.24) is 0 Å². The van der Waals surface area contributed by atoms with Crippen molar-refractivity contribution in [3.8, 4) is 0 Å². The van der Waals surface area contributed by atoms with E-state index in [-0.39, 0.29) is 0 Å². The van der Waals surface area contributed by atoms with Crippen LogP contribution in [0.3, 0.4) is 0 Å². The van der Waals surface area contributed by atoms with Gasteiger partial charge in [0.1, 0.15) is 0 Å². The summed E-state index contributed by atoms with van der Waals surface area (Å²) in [6.07, 6.45) is 8.15. The average molecular weight is 244 g/mol. The van der Waals surface area contributed by atoms with E-state index in [2.05, 4.69) is 48.8 Å². The van der Waals surface area contributed by atoms with Crippen LogP contribution in [0.1, 0.15) is 19.3 Å². The highest BCUT2D eigenvalue weighted by molar-refractivity contribution is 8.19. The molecule has 3 heteroatoms. The van der Waals surface area contributed by atoms with Crippen molar-refractivity contribution in [2.24, 2.45) is 0 Å². The van der Waals surface area contributed by atoms with Gasteiger partial charge in [0.25, 0.3) is 0 Å². The zero-order valence-electron chi connectivity index (χ0n) is 8.24. The summed E-state index contributed by atoms with van der Waals surface area (Å²) in [5.41, 5.74) is 1.42. The lowest BCUT2D eigenvalue weighted by Gasteiger charge is -2.40. The lowest BCUT2D eigenvalue weighted by molar-refractivity contribution is 0.702. The number of hydrogen-bond donors (Lipinski definition) is 1. The molecule has 2 rings (SSSR count). The fraction of sp³-hybridized carbons (Fsp3) is 0.636. The zero-order valence-corrected chi connectivity index (χ0v) is 10.8. The van der Waals surface area contributed by atoms with Crippen LogP contribution in [-0.2, 0) is 0 Å².